The SMILES string of the molecule is N#CC1(C#N)[C@H](c2ccc(F)cc2)[C@@H](C(=O)C2CC2)N2c3ccccc3C=C[C@@H]21. The van der Waals surface area contributed by atoms with Gasteiger partial charge in [-0.2, -0.15) is 10.5 Å². The van der Waals surface area contributed by atoms with Gasteiger partial charge in [-0.15, -0.1) is 0 Å². The Labute approximate surface area is 168 Å². The molecule has 142 valence electrons. The van der Waals surface area contributed by atoms with Gasteiger partial charge in [-0.25, -0.2) is 4.39 Å². The van der Waals surface area contributed by atoms with Gasteiger partial charge >= 0.3 is 0 Å². The van der Waals surface area contributed by atoms with Crippen molar-refractivity contribution in [3.8, 4) is 12.1 Å². The maximum absolute atomic E-state index is 13.6. The van der Waals surface area contributed by atoms with Gasteiger partial charge < -0.3 is 4.90 Å². The summed E-state index contributed by atoms with van der Waals surface area (Å²) in [7, 11) is 0. The van der Waals surface area contributed by atoms with Gasteiger partial charge in [0.1, 0.15) is 5.82 Å². The van der Waals surface area contributed by atoms with E-state index in [1.165, 1.54) is 12.1 Å². The second kappa shape index (κ2) is 6.29. The molecule has 0 N–H and O–H groups in total. The van der Waals surface area contributed by atoms with Crippen LogP contribution in [0.3, 0.4) is 0 Å². The van der Waals surface area contributed by atoms with E-state index in [1.54, 1.807) is 12.1 Å². The summed E-state index contributed by atoms with van der Waals surface area (Å²) < 4.78 is 13.6. The molecule has 2 fully saturated rings. The first-order chi connectivity index (χ1) is 14.1. The molecule has 0 spiro atoms. The quantitative estimate of drug-likeness (QED) is 0.796. The van der Waals surface area contributed by atoms with Crippen LogP contribution in [0.5, 0.6) is 0 Å². The molecule has 5 rings (SSSR count). The van der Waals surface area contributed by atoms with Gasteiger partial charge in [0.2, 0.25) is 0 Å². The van der Waals surface area contributed by atoms with Crippen molar-refractivity contribution >= 4 is 17.5 Å². The molecule has 2 aromatic rings. The third kappa shape index (κ3) is 2.44. The van der Waals surface area contributed by atoms with E-state index >= 15 is 0 Å². The second-order valence-electron chi connectivity index (χ2n) is 8.01. The number of fused-ring (bicyclic) bond motifs is 3. The van der Waals surface area contributed by atoms with E-state index in [4.69, 9.17) is 0 Å². The van der Waals surface area contributed by atoms with Crippen molar-refractivity contribution in [3.63, 3.8) is 0 Å². The van der Waals surface area contributed by atoms with Crippen LogP contribution in [0.2, 0.25) is 0 Å². The van der Waals surface area contributed by atoms with Gasteiger partial charge in [0.25, 0.3) is 0 Å². The summed E-state index contributed by atoms with van der Waals surface area (Å²) in [5.41, 5.74) is 1.02. The monoisotopic (exact) mass is 383 g/mol. The molecular formula is C24H18FN3O. The van der Waals surface area contributed by atoms with Crippen LogP contribution in [-0.4, -0.2) is 17.9 Å². The molecule has 0 unspecified atom stereocenters. The van der Waals surface area contributed by atoms with Crippen molar-refractivity contribution in [2.24, 2.45) is 11.3 Å². The van der Waals surface area contributed by atoms with E-state index < -0.39 is 23.4 Å². The molecule has 2 heterocycles. The summed E-state index contributed by atoms with van der Waals surface area (Å²) in [6.07, 6.45) is 5.47. The zero-order valence-corrected chi connectivity index (χ0v) is 15.6. The fourth-order valence-electron chi connectivity index (χ4n) is 4.91. The Hall–Kier alpha value is -3.44. The average Bonchev–Trinajstić information content (AvgIpc) is 3.56. The van der Waals surface area contributed by atoms with Crippen molar-refractivity contribution in [2.75, 3.05) is 4.90 Å². The van der Waals surface area contributed by atoms with Gasteiger partial charge in [0.15, 0.2) is 11.2 Å². The third-order valence-electron chi connectivity index (χ3n) is 6.42. The van der Waals surface area contributed by atoms with E-state index in [0.717, 1.165) is 24.1 Å². The molecule has 2 aromatic carbocycles. The lowest BCUT2D eigenvalue weighted by Gasteiger charge is -2.35. The first kappa shape index (κ1) is 17.6. The average molecular weight is 383 g/mol. The van der Waals surface area contributed by atoms with Crippen LogP contribution in [0.25, 0.3) is 6.08 Å². The Balaban J connectivity index is 1.76. The number of halogens is 1. The van der Waals surface area contributed by atoms with E-state index in [9.17, 15) is 19.7 Å². The van der Waals surface area contributed by atoms with Crippen LogP contribution in [0.1, 0.15) is 29.9 Å². The highest BCUT2D eigenvalue weighted by Gasteiger charge is 2.64. The molecule has 1 saturated carbocycles. The number of para-hydroxylation sites is 1. The molecule has 0 bridgehead atoms. The number of nitriles is 2. The molecule has 29 heavy (non-hydrogen) atoms. The molecular weight excluding hydrogens is 365 g/mol. The summed E-state index contributed by atoms with van der Waals surface area (Å²) in [5.74, 6) is -1.01. The Kier molecular flexibility index (Phi) is 3.83. The van der Waals surface area contributed by atoms with Crippen molar-refractivity contribution in [1.29, 1.82) is 10.5 Å². The maximum Gasteiger partial charge on any atom is 0.176 e. The normalized spacial score (nSPS) is 26.2. The molecule has 2 aliphatic heterocycles. The number of rotatable bonds is 3. The number of anilines is 1. The van der Waals surface area contributed by atoms with Crippen LogP contribution < -0.4 is 4.90 Å². The van der Waals surface area contributed by atoms with Gasteiger partial charge in [-0.3, -0.25) is 4.79 Å². The minimum atomic E-state index is -1.45. The lowest BCUT2D eigenvalue weighted by Crippen LogP contribution is -2.44. The first-order valence-corrected chi connectivity index (χ1v) is 9.78. The Morgan fingerprint density at radius 3 is 2.41 bits per heavy atom. The third-order valence-corrected chi connectivity index (χ3v) is 6.42. The summed E-state index contributed by atoms with van der Waals surface area (Å²) in [6.45, 7) is 0. The van der Waals surface area contributed by atoms with Crippen LogP contribution in [0.4, 0.5) is 10.1 Å². The number of benzene rings is 2. The molecule has 1 saturated heterocycles. The molecule has 1 aliphatic carbocycles. The Morgan fingerprint density at radius 1 is 1.07 bits per heavy atom. The van der Waals surface area contributed by atoms with Crippen LogP contribution in [0, 0.1) is 39.8 Å². The molecule has 0 aromatic heterocycles. The predicted molar refractivity (Wildman–Crippen MR) is 106 cm³/mol. The number of carbonyl (C=O) groups excluding carboxylic acids is 1. The zero-order chi connectivity index (χ0) is 20.2. The van der Waals surface area contributed by atoms with E-state index in [0.29, 0.717) is 5.56 Å². The number of Topliss-reactive ketones (excluding diaryl/α,β-unsaturated/α-hetero) is 1. The minimum Gasteiger partial charge on any atom is -0.351 e. The largest absolute Gasteiger partial charge is 0.351 e. The number of hydrogen-bond donors (Lipinski definition) is 0. The second-order valence-corrected chi connectivity index (χ2v) is 8.01. The van der Waals surface area contributed by atoms with Gasteiger partial charge in [0, 0.05) is 17.5 Å². The number of carbonyl (C=O) groups is 1. The van der Waals surface area contributed by atoms with Crippen molar-refractivity contribution in [1.82, 2.24) is 0 Å². The van der Waals surface area contributed by atoms with Gasteiger partial charge in [-0.05, 0) is 42.2 Å². The Bertz CT molecular complexity index is 1090. The molecule has 0 amide bonds. The molecule has 4 nitrogen and oxygen atoms in total. The summed E-state index contributed by atoms with van der Waals surface area (Å²) in [6, 6.07) is 16.9. The van der Waals surface area contributed by atoms with Crippen molar-refractivity contribution < 1.29 is 9.18 Å². The van der Waals surface area contributed by atoms with Gasteiger partial charge in [0.05, 0.1) is 24.2 Å². The van der Waals surface area contributed by atoms with Crippen molar-refractivity contribution in [2.45, 2.75) is 30.8 Å². The number of hydrogen-bond acceptors (Lipinski definition) is 4. The van der Waals surface area contributed by atoms with E-state index in [-0.39, 0.29) is 17.5 Å². The summed E-state index contributed by atoms with van der Waals surface area (Å²) >= 11 is 0. The predicted octanol–water partition coefficient (Wildman–Crippen LogP) is 4.21. The highest BCUT2D eigenvalue weighted by atomic mass is 19.1. The number of nitrogens with zero attached hydrogens (tertiary/aromatic N) is 3. The molecule has 5 heteroatoms. The highest BCUT2D eigenvalue weighted by molar-refractivity contribution is 5.95. The van der Waals surface area contributed by atoms with Crippen LogP contribution in [-0.2, 0) is 4.79 Å². The fraction of sp³-hybridized carbons (Fsp3) is 0.292. The van der Waals surface area contributed by atoms with E-state index in [1.807, 2.05) is 41.3 Å². The summed E-state index contributed by atoms with van der Waals surface area (Å²) in [5, 5.41) is 20.5. The maximum atomic E-state index is 13.6. The van der Waals surface area contributed by atoms with E-state index in [2.05, 4.69) is 12.1 Å². The smallest absolute Gasteiger partial charge is 0.176 e. The standard InChI is InChI=1S/C24H18FN3O/c25-18-10-7-16(8-11-18)21-22(23(29)17-5-6-17)28-19-4-2-1-3-15(19)9-12-20(28)24(21,13-26)14-27/h1-4,7-12,17,20-22H,5-6H2/t20-,21-,22+/m1/s1. The first-order valence-electron chi connectivity index (χ1n) is 9.78. The zero-order valence-electron chi connectivity index (χ0n) is 15.6. The Morgan fingerprint density at radius 2 is 1.76 bits per heavy atom. The molecule has 3 atom stereocenters. The minimum absolute atomic E-state index is 0.0325. The van der Waals surface area contributed by atoms with Crippen molar-refractivity contribution in [3.05, 3.63) is 71.6 Å². The van der Waals surface area contributed by atoms with Gasteiger partial charge in [-0.1, -0.05) is 42.5 Å². The number of ketones is 1. The highest BCUT2D eigenvalue weighted by Crippen LogP contribution is 2.56. The lowest BCUT2D eigenvalue weighted by atomic mass is 9.69. The lowest BCUT2D eigenvalue weighted by molar-refractivity contribution is -0.121. The topological polar surface area (TPSA) is 67.9 Å². The molecule has 3 aliphatic rings. The summed E-state index contributed by atoms with van der Waals surface area (Å²) in [4.78, 5) is 15.5. The molecule has 0 radical (unpaired) electrons. The van der Waals surface area contributed by atoms with Crippen LogP contribution >= 0.6 is 0 Å². The fourth-order valence-corrected chi connectivity index (χ4v) is 4.91. The van der Waals surface area contributed by atoms with Crippen LogP contribution in [0.15, 0.2) is 54.6 Å².